The maximum Gasteiger partial charge on any atom is 0.278 e. The number of hydrogen-bond donors (Lipinski definition) is 2. The first-order valence-electron chi connectivity index (χ1n) is 8.74. The number of thioether (sulfide) groups is 1. The summed E-state index contributed by atoms with van der Waals surface area (Å²) in [7, 11) is 1.59. The molecule has 0 fully saturated rings. The van der Waals surface area contributed by atoms with Crippen molar-refractivity contribution in [1.82, 2.24) is 19.9 Å². The highest BCUT2D eigenvalue weighted by molar-refractivity contribution is 7.99. The van der Waals surface area contributed by atoms with Crippen LogP contribution in [0.2, 0.25) is 0 Å². The summed E-state index contributed by atoms with van der Waals surface area (Å²) in [5.41, 5.74) is 1.50. The molecule has 0 saturated heterocycles. The molecular weight excluding hydrogens is 364 g/mol. The first-order chi connectivity index (χ1) is 12.8. The minimum Gasteiger partial charge on any atom is -0.383 e. The Bertz CT molecular complexity index is 1030. The molecule has 0 aliphatic carbocycles. The monoisotopic (exact) mass is 388 g/mol. The lowest BCUT2D eigenvalue weighted by Crippen LogP contribution is -2.41. The Morgan fingerprint density at radius 2 is 2.07 bits per heavy atom. The number of nitrogens with zero attached hydrogens (tertiary/aromatic N) is 2. The minimum absolute atomic E-state index is 0.0981. The van der Waals surface area contributed by atoms with Crippen molar-refractivity contribution in [1.29, 1.82) is 0 Å². The van der Waals surface area contributed by atoms with Crippen molar-refractivity contribution in [3.63, 3.8) is 0 Å². The van der Waals surface area contributed by atoms with E-state index in [2.05, 4.69) is 10.3 Å². The Kier molecular flexibility index (Phi) is 5.57. The summed E-state index contributed by atoms with van der Waals surface area (Å²) in [4.78, 5) is 33.1. The number of fused-ring (bicyclic) bond motifs is 3. The Labute approximate surface area is 161 Å². The van der Waals surface area contributed by atoms with Gasteiger partial charge in [-0.2, -0.15) is 0 Å². The molecule has 0 atom stereocenters. The molecule has 2 N–H and O–H groups in total. The highest BCUT2D eigenvalue weighted by Crippen LogP contribution is 2.24. The first-order valence-corrected chi connectivity index (χ1v) is 9.73. The maximum absolute atomic E-state index is 13.0. The van der Waals surface area contributed by atoms with Crippen LogP contribution in [-0.2, 0) is 16.1 Å². The molecular formula is C19H24N4O3S. The van der Waals surface area contributed by atoms with Gasteiger partial charge in [0.15, 0.2) is 5.16 Å². The lowest BCUT2D eigenvalue weighted by Gasteiger charge is -2.20. The van der Waals surface area contributed by atoms with Gasteiger partial charge in [0, 0.05) is 23.6 Å². The van der Waals surface area contributed by atoms with Crippen molar-refractivity contribution in [3.8, 4) is 0 Å². The summed E-state index contributed by atoms with van der Waals surface area (Å²) in [5, 5.41) is 4.33. The van der Waals surface area contributed by atoms with E-state index in [1.165, 1.54) is 11.8 Å². The van der Waals surface area contributed by atoms with E-state index in [-0.39, 0.29) is 22.8 Å². The smallest absolute Gasteiger partial charge is 0.278 e. The fraction of sp³-hybridized carbons (Fsp3) is 0.421. The molecule has 3 rings (SSSR count). The summed E-state index contributed by atoms with van der Waals surface area (Å²) in [6, 6.07) is 7.67. The standard InChI is InChI=1S/C19H24N4O3S/c1-19(2,3)22-14(24)11-27-18-21-15-12-7-5-6-8-13(12)20-16(15)17(25)23(18)9-10-26-4/h5-8,20H,9-11H2,1-4H3,(H,22,24). The molecule has 8 heteroatoms. The second-order valence-corrected chi connectivity index (χ2v) is 8.27. The second-order valence-electron chi connectivity index (χ2n) is 7.33. The summed E-state index contributed by atoms with van der Waals surface area (Å²) in [6.45, 7) is 6.55. The molecule has 0 spiro atoms. The van der Waals surface area contributed by atoms with Gasteiger partial charge < -0.3 is 15.0 Å². The number of carbonyl (C=O) groups excluding carboxylic acids is 1. The van der Waals surface area contributed by atoms with Crippen LogP contribution in [0.3, 0.4) is 0 Å². The molecule has 1 amide bonds. The molecule has 2 heterocycles. The molecule has 2 aromatic heterocycles. The van der Waals surface area contributed by atoms with Crippen LogP contribution >= 0.6 is 11.8 Å². The van der Waals surface area contributed by atoms with E-state index >= 15 is 0 Å². The van der Waals surface area contributed by atoms with Gasteiger partial charge in [0.05, 0.1) is 18.9 Å². The number of benzene rings is 1. The van der Waals surface area contributed by atoms with Crippen molar-refractivity contribution in [2.24, 2.45) is 0 Å². The largest absolute Gasteiger partial charge is 0.383 e. The Morgan fingerprint density at radius 3 is 2.78 bits per heavy atom. The number of H-pyrrole nitrogens is 1. The summed E-state index contributed by atoms with van der Waals surface area (Å²) in [6.07, 6.45) is 0. The van der Waals surface area contributed by atoms with Crippen LogP contribution in [0.15, 0.2) is 34.2 Å². The quantitative estimate of drug-likeness (QED) is 0.500. The number of methoxy groups -OCH3 is 1. The number of rotatable bonds is 6. The van der Waals surface area contributed by atoms with Crippen LogP contribution < -0.4 is 10.9 Å². The van der Waals surface area contributed by atoms with Gasteiger partial charge in [-0.15, -0.1) is 0 Å². The van der Waals surface area contributed by atoms with Crippen LogP contribution in [0.25, 0.3) is 21.9 Å². The fourth-order valence-electron chi connectivity index (χ4n) is 2.85. The third-order valence-electron chi connectivity index (χ3n) is 3.94. The van der Waals surface area contributed by atoms with Crippen molar-refractivity contribution < 1.29 is 9.53 Å². The van der Waals surface area contributed by atoms with Gasteiger partial charge in [-0.3, -0.25) is 14.2 Å². The van der Waals surface area contributed by atoms with E-state index in [0.717, 1.165) is 10.9 Å². The van der Waals surface area contributed by atoms with Crippen LogP contribution in [0.5, 0.6) is 0 Å². The fourth-order valence-corrected chi connectivity index (χ4v) is 3.67. The van der Waals surface area contributed by atoms with E-state index in [1.54, 1.807) is 11.7 Å². The van der Waals surface area contributed by atoms with Gasteiger partial charge >= 0.3 is 0 Å². The summed E-state index contributed by atoms with van der Waals surface area (Å²) < 4.78 is 6.70. The predicted molar refractivity (Wildman–Crippen MR) is 108 cm³/mol. The van der Waals surface area contributed by atoms with Crippen molar-refractivity contribution in [2.45, 2.75) is 38.0 Å². The number of aromatic amines is 1. The summed E-state index contributed by atoms with van der Waals surface area (Å²) >= 11 is 1.26. The number of aromatic nitrogens is 3. The van der Waals surface area contributed by atoms with Crippen LogP contribution in [0, 0.1) is 0 Å². The normalized spacial score (nSPS) is 12.0. The molecule has 0 aliphatic rings. The van der Waals surface area contributed by atoms with Gasteiger partial charge in [-0.25, -0.2) is 4.98 Å². The molecule has 0 unspecified atom stereocenters. The third kappa shape index (κ3) is 4.33. The second kappa shape index (κ2) is 7.74. The van der Waals surface area contributed by atoms with E-state index in [1.807, 2.05) is 45.0 Å². The topological polar surface area (TPSA) is 89.0 Å². The van der Waals surface area contributed by atoms with E-state index in [9.17, 15) is 9.59 Å². The molecule has 1 aromatic carbocycles. The lowest BCUT2D eigenvalue weighted by molar-refractivity contribution is -0.119. The molecule has 0 saturated carbocycles. The average molecular weight is 388 g/mol. The molecule has 0 bridgehead atoms. The highest BCUT2D eigenvalue weighted by Gasteiger charge is 2.18. The third-order valence-corrected chi connectivity index (χ3v) is 4.92. The van der Waals surface area contributed by atoms with E-state index in [0.29, 0.717) is 29.3 Å². The number of carbonyl (C=O) groups is 1. The zero-order valence-electron chi connectivity index (χ0n) is 16.0. The average Bonchev–Trinajstić information content (AvgIpc) is 2.97. The van der Waals surface area contributed by atoms with Gasteiger partial charge in [0.25, 0.3) is 5.56 Å². The van der Waals surface area contributed by atoms with Crippen LogP contribution in [0.4, 0.5) is 0 Å². The minimum atomic E-state index is -0.304. The SMILES string of the molecule is COCCn1c(SCC(=O)NC(C)(C)C)nc2c([nH]c3ccccc32)c1=O. The van der Waals surface area contributed by atoms with Crippen molar-refractivity contribution >= 4 is 39.6 Å². The number of nitrogens with one attached hydrogen (secondary N) is 2. The Morgan fingerprint density at radius 1 is 1.33 bits per heavy atom. The number of hydrogen-bond acceptors (Lipinski definition) is 5. The van der Waals surface area contributed by atoms with Crippen LogP contribution in [-0.4, -0.2) is 45.5 Å². The zero-order chi connectivity index (χ0) is 19.6. The molecule has 0 radical (unpaired) electrons. The number of amides is 1. The maximum atomic E-state index is 13.0. The molecule has 27 heavy (non-hydrogen) atoms. The highest BCUT2D eigenvalue weighted by atomic mass is 32.2. The Balaban J connectivity index is 2.02. The molecule has 0 aliphatic heterocycles. The van der Waals surface area contributed by atoms with Crippen LogP contribution in [0.1, 0.15) is 20.8 Å². The van der Waals surface area contributed by atoms with Gasteiger partial charge in [-0.1, -0.05) is 30.0 Å². The number of para-hydroxylation sites is 1. The van der Waals surface area contributed by atoms with E-state index in [4.69, 9.17) is 9.72 Å². The van der Waals surface area contributed by atoms with Gasteiger partial charge in [0.2, 0.25) is 5.91 Å². The molecule has 7 nitrogen and oxygen atoms in total. The zero-order valence-corrected chi connectivity index (χ0v) is 16.8. The van der Waals surface area contributed by atoms with Crippen molar-refractivity contribution in [2.75, 3.05) is 19.5 Å². The molecule has 144 valence electrons. The lowest BCUT2D eigenvalue weighted by atomic mass is 10.1. The van der Waals surface area contributed by atoms with E-state index < -0.39 is 0 Å². The first kappa shape index (κ1) is 19.4. The van der Waals surface area contributed by atoms with Crippen molar-refractivity contribution in [3.05, 3.63) is 34.6 Å². The number of ether oxygens (including phenoxy) is 1. The Hall–Kier alpha value is -2.32. The van der Waals surface area contributed by atoms with Gasteiger partial charge in [0.1, 0.15) is 11.0 Å². The predicted octanol–water partition coefficient (Wildman–Crippen LogP) is 2.53. The van der Waals surface area contributed by atoms with Gasteiger partial charge in [-0.05, 0) is 26.8 Å². The summed E-state index contributed by atoms with van der Waals surface area (Å²) in [5.74, 6) is 0.0870. The molecule has 3 aromatic rings.